The zero-order valence-electron chi connectivity index (χ0n) is 15.5. The fraction of sp³-hybridized carbons (Fsp3) is 0.286. The monoisotopic (exact) mass is 380 g/mol. The summed E-state index contributed by atoms with van der Waals surface area (Å²) in [5.41, 5.74) is 3.22. The maximum absolute atomic E-state index is 11.7. The predicted molar refractivity (Wildman–Crippen MR) is 104 cm³/mol. The summed E-state index contributed by atoms with van der Waals surface area (Å²) in [6.07, 6.45) is 5.10. The number of esters is 1. The van der Waals surface area contributed by atoms with E-state index in [2.05, 4.69) is 17.5 Å². The largest absolute Gasteiger partial charge is 0.494 e. The number of allylic oxidation sites excluding steroid dienone is 2. The number of anilines is 1. The van der Waals surface area contributed by atoms with Crippen LogP contribution in [0.3, 0.4) is 0 Å². The number of hydrogen-bond acceptors (Lipinski definition) is 6. The lowest BCUT2D eigenvalue weighted by atomic mass is 9.76. The molecule has 4 rings (SSSR count). The van der Waals surface area contributed by atoms with Crippen molar-refractivity contribution < 1.29 is 19.2 Å². The van der Waals surface area contributed by atoms with Crippen LogP contribution in [-0.4, -0.2) is 25.1 Å². The van der Waals surface area contributed by atoms with Gasteiger partial charge in [0.05, 0.1) is 42.5 Å². The summed E-state index contributed by atoms with van der Waals surface area (Å²) in [5, 5.41) is 14.8. The van der Waals surface area contributed by atoms with Gasteiger partial charge in [-0.1, -0.05) is 24.3 Å². The van der Waals surface area contributed by atoms with E-state index in [-0.39, 0.29) is 29.5 Å². The number of benzene rings is 2. The molecule has 7 nitrogen and oxygen atoms in total. The highest BCUT2D eigenvalue weighted by Gasteiger charge is 2.40. The normalized spacial score (nSPS) is 22.0. The lowest BCUT2D eigenvalue weighted by Gasteiger charge is -2.38. The molecule has 0 radical (unpaired) electrons. The van der Waals surface area contributed by atoms with Crippen molar-refractivity contribution in [2.24, 2.45) is 5.92 Å². The number of nitrogens with zero attached hydrogens (tertiary/aromatic N) is 1. The van der Waals surface area contributed by atoms with E-state index in [9.17, 15) is 14.9 Å². The summed E-state index contributed by atoms with van der Waals surface area (Å²) in [5.74, 6) is 0.375. The van der Waals surface area contributed by atoms with Crippen molar-refractivity contribution in [3.05, 3.63) is 75.4 Å². The molecule has 3 atom stereocenters. The molecule has 0 spiro atoms. The molecule has 0 saturated carbocycles. The van der Waals surface area contributed by atoms with E-state index in [0.717, 1.165) is 23.2 Å². The molecule has 0 unspecified atom stereocenters. The summed E-state index contributed by atoms with van der Waals surface area (Å²) in [7, 11) is 2.87. The predicted octanol–water partition coefficient (Wildman–Crippen LogP) is 4.22. The molecule has 0 saturated heterocycles. The van der Waals surface area contributed by atoms with Crippen molar-refractivity contribution in [3.63, 3.8) is 0 Å². The molecule has 2 aliphatic rings. The lowest BCUT2D eigenvalue weighted by Crippen LogP contribution is -2.29. The Hall–Kier alpha value is -3.35. The first kappa shape index (κ1) is 18.0. The molecule has 0 amide bonds. The van der Waals surface area contributed by atoms with Gasteiger partial charge in [-0.15, -0.1) is 0 Å². The fourth-order valence-electron chi connectivity index (χ4n) is 4.19. The molecule has 7 heteroatoms. The standard InChI is InChI=1S/C21H20N2O5/c1-27-18-11-14(23(25)26)10-17-15-4-3-5-16(15)19(22-20(17)18)12-6-8-13(9-7-12)21(24)28-2/h3-4,6-11,15-16,19,22H,5H2,1-2H3/t15-,16+,19-/m0/s1. The number of ether oxygens (including phenoxy) is 2. The molecule has 28 heavy (non-hydrogen) atoms. The van der Waals surface area contributed by atoms with Crippen LogP contribution in [0.2, 0.25) is 0 Å². The Kier molecular flexibility index (Phi) is 4.50. The van der Waals surface area contributed by atoms with Gasteiger partial charge in [0.15, 0.2) is 0 Å². The Morgan fingerprint density at radius 1 is 1.21 bits per heavy atom. The molecule has 144 valence electrons. The number of carbonyl (C=O) groups excluding carboxylic acids is 1. The topological polar surface area (TPSA) is 90.7 Å². The zero-order valence-corrected chi connectivity index (χ0v) is 15.5. The number of fused-ring (bicyclic) bond motifs is 3. The van der Waals surface area contributed by atoms with E-state index in [4.69, 9.17) is 9.47 Å². The summed E-state index contributed by atoms with van der Waals surface area (Å²) >= 11 is 0. The minimum Gasteiger partial charge on any atom is -0.494 e. The van der Waals surface area contributed by atoms with Crippen LogP contribution in [0.4, 0.5) is 11.4 Å². The first-order valence-electron chi connectivity index (χ1n) is 9.01. The highest BCUT2D eigenvalue weighted by atomic mass is 16.6. The average molecular weight is 380 g/mol. The van der Waals surface area contributed by atoms with Gasteiger partial charge >= 0.3 is 5.97 Å². The lowest BCUT2D eigenvalue weighted by molar-refractivity contribution is -0.385. The van der Waals surface area contributed by atoms with Gasteiger partial charge in [0, 0.05) is 12.0 Å². The van der Waals surface area contributed by atoms with Crippen LogP contribution in [0.15, 0.2) is 48.6 Å². The second-order valence-electron chi connectivity index (χ2n) is 6.96. The van der Waals surface area contributed by atoms with Crippen LogP contribution in [0.5, 0.6) is 5.75 Å². The van der Waals surface area contributed by atoms with Crippen LogP contribution >= 0.6 is 0 Å². The number of methoxy groups -OCH3 is 2. The summed E-state index contributed by atoms with van der Waals surface area (Å²) < 4.78 is 10.2. The van der Waals surface area contributed by atoms with Crippen LogP contribution in [0, 0.1) is 16.0 Å². The van der Waals surface area contributed by atoms with Crippen molar-refractivity contribution >= 4 is 17.3 Å². The van der Waals surface area contributed by atoms with Crippen molar-refractivity contribution in [1.29, 1.82) is 0 Å². The Labute approximate surface area is 162 Å². The maximum Gasteiger partial charge on any atom is 0.337 e. The van der Waals surface area contributed by atoms with Crippen LogP contribution < -0.4 is 10.1 Å². The molecule has 2 aromatic carbocycles. The smallest absolute Gasteiger partial charge is 0.337 e. The highest BCUT2D eigenvalue weighted by molar-refractivity contribution is 5.89. The Morgan fingerprint density at radius 3 is 2.61 bits per heavy atom. The van der Waals surface area contributed by atoms with Crippen LogP contribution in [0.25, 0.3) is 0 Å². The zero-order chi connectivity index (χ0) is 19.8. The van der Waals surface area contributed by atoms with Gasteiger partial charge in [-0.05, 0) is 35.6 Å². The number of non-ortho nitro benzene ring substituents is 1. The van der Waals surface area contributed by atoms with Gasteiger partial charge in [-0.2, -0.15) is 0 Å². The van der Waals surface area contributed by atoms with E-state index in [1.807, 2.05) is 12.1 Å². The Morgan fingerprint density at radius 2 is 1.96 bits per heavy atom. The quantitative estimate of drug-likeness (QED) is 0.370. The molecule has 0 aromatic heterocycles. The van der Waals surface area contributed by atoms with E-state index >= 15 is 0 Å². The van der Waals surface area contributed by atoms with E-state index in [1.165, 1.54) is 20.3 Å². The summed E-state index contributed by atoms with van der Waals surface area (Å²) in [6, 6.07) is 10.4. The molecule has 1 N–H and O–H groups in total. The van der Waals surface area contributed by atoms with Gasteiger partial charge in [0.25, 0.3) is 5.69 Å². The number of carbonyl (C=O) groups is 1. The molecule has 0 fully saturated rings. The Bertz CT molecular complexity index is 968. The third-order valence-corrected chi connectivity index (χ3v) is 5.54. The van der Waals surface area contributed by atoms with Crippen molar-refractivity contribution in [2.45, 2.75) is 18.4 Å². The molecule has 1 aliphatic carbocycles. The highest BCUT2D eigenvalue weighted by Crippen LogP contribution is 2.53. The summed E-state index contributed by atoms with van der Waals surface area (Å²) in [4.78, 5) is 22.6. The summed E-state index contributed by atoms with van der Waals surface area (Å²) in [6.45, 7) is 0. The van der Waals surface area contributed by atoms with E-state index < -0.39 is 4.92 Å². The fourth-order valence-corrected chi connectivity index (χ4v) is 4.19. The molecule has 0 bridgehead atoms. The first-order valence-corrected chi connectivity index (χ1v) is 9.01. The minimum absolute atomic E-state index is 0.00504. The third-order valence-electron chi connectivity index (χ3n) is 5.54. The molecule has 2 aromatic rings. The van der Waals surface area contributed by atoms with Crippen LogP contribution in [0.1, 0.15) is 39.9 Å². The molecular formula is C21H20N2O5. The molecular weight excluding hydrogens is 360 g/mol. The first-order chi connectivity index (χ1) is 13.5. The van der Waals surface area contributed by atoms with E-state index in [0.29, 0.717) is 11.3 Å². The van der Waals surface area contributed by atoms with Gasteiger partial charge in [-0.25, -0.2) is 4.79 Å². The van der Waals surface area contributed by atoms with Crippen LogP contribution in [-0.2, 0) is 4.74 Å². The van der Waals surface area contributed by atoms with Crippen molar-refractivity contribution in [2.75, 3.05) is 19.5 Å². The average Bonchev–Trinajstić information content (AvgIpc) is 3.22. The van der Waals surface area contributed by atoms with Gasteiger partial charge in [-0.3, -0.25) is 10.1 Å². The number of rotatable bonds is 4. The molecule has 1 aliphatic heterocycles. The van der Waals surface area contributed by atoms with Gasteiger partial charge in [0.2, 0.25) is 0 Å². The third kappa shape index (κ3) is 2.89. The number of hydrogen-bond donors (Lipinski definition) is 1. The van der Waals surface area contributed by atoms with E-state index in [1.54, 1.807) is 18.2 Å². The minimum atomic E-state index is -0.395. The SMILES string of the molecule is COC(=O)c1ccc([C@@H]2Nc3c(OC)cc([N+](=O)[O-])cc3[C@H]3C=CC[C@H]32)cc1. The van der Waals surface area contributed by atoms with Crippen molar-refractivity contribution in [1.82, 2.24) is 0 Å². The second-order valence-corrected chi connectivity index (χ2v) is 6.96. The number of nitro groups is 1. The number of nitrogens with one attached hydrogen (secondary N) is 1. The van der Waals surface area contributed by atoms with Gasteiger partial charge in [0.1, 0.15) is 5.75 Å². The second kappa shape index (κ2) is 6.99. The Balaban J connectivity index is 1.76. The number of nitro benzene ring substituents is 1. The maximum atomic E-state index is 11.7. The van der Waals surface area contributed by atoms with Crippen molar-refractivity contribution in [3.8, 4) is 5.75 Å². The molecule has 1 heterocycles. The van der Waals surface area contributed by atoms with Gasteiger partial charge < -0.3 is 14.8 Å².